The van der Waals surface area contributed by atoms with Crippen LogP contribution in [0.1, 0.15) is 30.7 Å². The molecule has 1 unspecified atom stereocenters. The maximum atomic E-state index is 13.0. The van der Waals surface area contributed by atoms with Crippen molar-refractivity contribution in [1.29, 1.82) is 0 Å². The Balaban J connectivity index is 1.33. The van der Waals surface area contributed by atoms with Crippen LogP contribution in [0.2, 0.25) is 0 Å². The smallest absolute Gasteiger partial charge is 0.320 e. The zero-order valence-electron chi connectivity index (χ0n) is 19.6. The van der Waals surface area contributed by atoms with E-state index in [0.717, 1.165) is 47.8 Å². The molecule has 1 fully saturated rings. The van der Waals surface area contributed by atoms with Gasteiger partial charge >= 0.3 is 6.03 Å². The van der Waals surface area contributed by atoms with Gasteiger partial charge in [0.25, 0.3) is 0 Å². The largest absolute Gasteiger partial charge is 0.468 e. The Bertz CT molecular complexity index is 1260. The van der Waals surface area contributed by atoms with Gasteiger partial charge in [0.15, 0.2) is 0 Å². The zero-order valence-corrected chi connectivity index (χ0v) is 19.6. The van der Waals surface area contributed by atoms with Gasteiger partial charge in [-0.1, -0.05) is 18.2 Å². The third-order valence-electron chi connectivity index (χ3n) is 6.39. The second-order valence-electron chi connectivity index (χ2n) is 8.74. The number of amides is 2. The SMILES string of the molecule is Cc1c(-c2cnn(C)c2)nn(-c2ccccc2)c1NC(=O)N[C@H]1CCN(C(C)c2ccco2)C1. The molecule has 2 amide bonds. The minimum atomic E-state index is -0.240. The average molecular weight is 460 g/mol. The molecule has 9 nitrogen and oxygen atoms in total. The van der Waals surface area contributed by atoms with Crippen molar-refractivity contribution in [3.63, 3.8) is 0 Å². The number of rotatable bonds is 6. The van der Waals surface area contributed by atoms with Crippen LogP contribution in [0.25, 0.3) is 16.9 Å². The maximum absolute atomic E-state index is 13.0. The molecule has 0 spiro atoms. The summed E-state index contributed by atoms with van der Waals surface area (Å²) >= 11 is 0. The first kappa shape index (κ1) is 22.0. The topological polar surface area (TPSA) is 93.2 Å². The lowest BCUT2D eigenvalue weighted by atomic mass is 10.1. The number of urea groups is 1. The van der Waals surface area contributed by atoms with E-state index in [1.807, 2.05) is 62.6 Å². The summed E-state index contributed by atoms with van der Waals surface area (Å²) in [7, 11) is 1.87. The van der Waals surface area contributed by atoms with E-state index in [-0.39, 0.29) is 18.1 Å². The highest BCUT2D eigenvalue weighted by molar-refractivity contribution is 5.91. The van der Waals surface area contributed by atoms with Crippen molar-refractivity contribution < 1.29 is 9.21 Å². The number of carbonyl (C=O) groups excluding carboxylic acids is 1. The first-order chi connectivity index (χ1) is 16.5. The highest BCUT2D eigenvalue weighted by Crippen LogP contribution is 2.30. The van der Waals surface area contributed by atoms with Gasteiger partial charge in [0, 0.05) is 43.5 Å². The molecule has 1 saturated heterocycles. The number of benzene rings is 1. The van der Waals surface area contributed by atoms with Crippen molar-refractivity contribution in [3.8, 4) is 16.9 Å². The number of aryl methyl sites for hydroxylation is 1. The molecule has 0 radical (unpaired) electrons. The molecule has 4 aromatic rings. The fourth-order valence-electron chi connectivity index (χ4n) is 4.51. The molecule has 4 heterocycles. The van der Waals surface area contributed by atoms with Crippen molar-refractivity contribution in [1.82, 2.24) is 29.8 Å². The minimum absolute atomic E-state index is 0.0589. The molecule has 1 aromatic carbocycles. The predicted octanol–water partition coefficient (Wildman–Crippen LogP) is 4.13. The molecule has 0 aliphatic carbocycles. The van der Waals surface area contributed by atoms with Crippen LogP contribution in [0.15, 0.2) is 65.5 Å². The Morgan fingerprint density at radius 2 is 2.03 bits per heavy atom. The van der Waals surface area contributed by atoms with E-state index in [1.54, 1.807) is 21.8 Å². The Morgan fingerprint density at radius 1 is 1.21 bits per heavy atom. The molecule has 3 aromatic heterocycles. The molecule has 34 heavy (non-hydrogen) atoms. The summed E-state index contributed by atoms with van der Waals surface area (Å²) < 4.78 is 9.07. The third kappa shape index (κ3) is 4.34. The molecule has 1 aliphatic heterocycles. The van der Waals surface area contributed by atoms with Crippen LogP contribution < -0.4 is 10.6 Å². The average Bonchev–Trinajstić information content (AvgIpc) is 3.63. The molecule has 0 saturated carbocycles. The van der Waals surface area contributed by atoms with E-state index >= 15 is 0 Å². The summed E-state index contributed by atoms with van der Waals surface area (Å²) in [6.07, 6.45) is 6.28. The third-order valence-corrected chi connectivity index (χ3v) is 6.39. The Morgan fingerprint density at radius 3 is 2.74 bits per heavy atom. The fourth-order valence-corrected chi connectivity index (χ4v) is 4.51. The monoisotopic (exact) mass is 459 g/mol. The summed E-state index contributed by atoms with van der Waals surface area (Å²) in [6, 6.07) is 13.7. The fraction of sp³-hybridized carbons (Fsp3) is 0.320. The van der Waals surface area contributed by atoms with Crippen molar-refractivity contribution >= 4 is 11.8 Å². The predicted molar refractivity (Wildman–Crippen MR) is 130 cm³/mol. The van der Waals surface area contributed by atoms with Crippen LogP contribution in [0.5, 0.6) is 0 Å². The van der Waals surface area contributed by atoms with Gasteiger partial charge in [-0.15, -0.1) is 0 Å². The number of para-hydroxylation sites is 1. The number of likely N-dealkylation sites (tertiary alicyclic amines) is 1. The van der Waals surface area contributed by atoms with Gasteiger partial charge < -0.3 is 9.73 Å². The molecule has 176 valence electrons. The van der Waals surface area contributed by atoms with Crippen LogP contribution in [0.3, 0.4) is 0 Å². The lowest BCUT2D eigenvalue weighted by Crippen LogP contribution is -2.40. The van der Waals surface area contributed by atoms with Gasteiger partial charge in [-0.3, -0.25) is 14.9 Å². The molecule has 1 aliphatic rings. The van der Waals surface area contributed by atoms with Gasteiger partial charge in [0.1, 0.15) is 17.3 Å². The van der Waals surface area contributed by atoms with E-state index < -0.39 is 0 Å². The summed E-state index contributed by atoms with van der Waals surface area (Å²) in [5.74, 6) is 1.58. The van der Waals surface area contributed by atoms with Crippen molar-refractivity contribution in [2.75, 3.05) is 18.4 Å². The van der Waals surface area contributed by atoms with Crippen molar-refractivity contribution in [3.05, 3.63) is 72.4 Å². The number of hydrogen-bond acceptors (Lipinski definition) is 5. The molecule has 9 heteroatoms. The highest BCUT2D eigenvalue weighted by atomic mass is 16.3. The quantitative estimate of drug-likeness (QED) is 0.452. The molecular weight excluding hydrogens is 430 g/mol. The summed E-state index contributed by atoms with van der Waals surface area (Å²) in [4.78, 5) is 15.4. The van der Waals surface area contributed by atoms with E-state index in [2.05, 4.69) is 27.6 Å². The van der Waals surface area contributed by atoms with E-state index in [1.165, 1.54) is 0 Å². The van der Waals surface area contributed by atoms with Gasteiger partial charge in [-0.2, -0.15) is 10.2 Å². The molecular formula is C25H29N7O2. The number of anilines is 1. The van der Waals surface area contributed by atoms with Crippen molar-refractivity contribution in [2.24, 2.45) is 7.05 Å². The molecule has 2 N–H and O–H groups in total. The first-order valence-electron chi connectivity index (χ1n) is 11.5. The maximum Gasteiger partial charge on any atom is 0.320 e. The van der Waals surface area contributed by atoms with E-state index in [4.69, 9.17) is 9.52 Å². The number of carbonyl (C=O) groups is 1. The summed E-state index contributed by atoms with van der Waals surface area (Å²) in [6.45, 7) is 5.77. The van der Waals surface area contributed by atoms with Crippen LogP contribution in [-0.4, -0.2) is 49.6 Å². The summed E-state index contributed by atoms with van der Waals surface area (Å²) in [5, 5.41) is 15.3. The number of aromatic nitrogens is 4. The van der Waals surface area contributed by atoms with Gasteiger partial charge in [-0.25, -0.2) is 9.48 Å². The molecule has 0 bridgehead atoms. The standard InChI is InChI=1S/C25H29N7O2/c1-17-23(19-14-26-30(3)15-19)29-32(21-8-5-4-6-9-21)24(17)28-25(33)27-20-11-12-31(16-20)18(2)22-10-7-13-34-22/h4-10,13-15,18,20H,11-12,16H2,1-3H3,(H2,27,28,33)/t18?,20-/m0/s1. The number of nitrogens with one attached hydrogen (secondary N) is 2. The Labute approximate surface area is 198 Å². The number of furan rings is 1. The Kier molecular flexibility index (Phi) is 5.93. The van der Waals surface area contributed by atoms with E-state index in [0.29, 0.717) is 5.82 Å². The Hall–Kier alpha value is -3.85. The minimum Gasteiger partial charge on any atom is -0.468 e. The zero-order chi connectivity index (χ0) is 23.7. The molecule has 5 rings (SSSR count). The second-order valence-corrected chi connectivity index (χ2v) is 8.74. The highest BCUT2D eigenvalue weighted by Gasteiger charge is 2.29. The van der Waals surface area contributed by atoms with Crippen molar-refractivity contribution in [2.45, 2.75) is 32.4 Å². The van der Waals surface area contributed by atoms with Crippen LogP contribution in [0, 0.1) is 6.92 Å². The van der Waals surface area contributed by atoms with Crippen LogP contribution in [0.4, 0.5) is 10.6 Å². The second kappa shape index (κ2) is 9.18. The van der Waals surface area contributed by atoms with Gasteiger partial charge in [-0.05, 0) is 44.5 Å². The number of hydrogen-bond donors (Lipinski definition) is 2. The first-order valence-corrected chi connectivity index (χ1v) is 11.5. The van der Waals surface area contributed by atoms with E-state index in [9.17, 15) is 4.79 Å². The molecule has 2 atom stereocenters. The lowest BCUT2D eigenvalue weighted by Gasteiger charge is -2.22. The lowest BCUT2D eigenvalue weighted by molar-refractivity contribution is 0.223. The van der Waals surface area contributed by atoms with Gasteiger partial charge in [0.05, 0.1) is 24.2 Å². The normalized spacial score (nSPS) is 17.1. The van der Waals surface area contributed by atoms with Crippen LogP contribution >= 0.6 is 0 Å². The number of nitrogens with zero attached hydrogens (tertiary/aromatic N) is 5. The summed E-state index contributed by atoms with van der Waals surface area (Å²) in [5.41, 5.74) is 3.44. The van der Waals surface area contributed by atoms with Gasteiger partial charge in [0.2, 0.25) is 0 Å². The van der Waals surface area contributed by atoms with Crippen LogP contribution in [-0.2, 0) is 7.05 Å².